The van der Waals surface area contributed by atoms with Crippen LogP contribution in [0.3, 0.4) is 0 Å². The van der Waals surface area contributed by atoms with Crippen molar-refractivity contribution in [3.05, 3.63) is 40.7 Å². The first-order valence-electron chi connectivity index (χ1n) is 9.18. The number of hydrogen-bond donors (Lipinski definition) is 1. The molecule has 0 unspecified atom stereocenters. The number of benzene rings is 1. The van der Waals surface area contributed by atoms with E-state index in [1.54, 1.807) is 0 Å². The first kappa shape index (κ1) is 18.9. The summed E-state index contributed by atoms with van der Waals surface area (Å²) in [6.07, 6.45) is 5.91. The second-order valence-corrected chi connectivity index (χ2v) is 7.20. The maximum atomic E-state index is 13.1. The molecule has 6 nitrogen and oxygen atoms in total. The molecule has 0 spiro atoms. The summed E-state index contributed by atoms with van der Waals surface area (Å²) in [5, 5.41) is 11.8. The van der Waals surface area contributed by atoms with Crippen LogP contribution in [0.1, 0.15) is 52.5 Å². The molecule has 1 aromatic carbocycles. The van der Waals surface area contributed by atoms with Crippen LogP contribution >= 0.6 is 12.4 Å². The monoisotopic (exact) mass is 375 g/mol. The summed E-state index contributed by atoms with van der Waals surface area (Å²) in [5.74, 6) is -0.0360. The van der Waals surface area contributed by atoms with E-state index in [0.717, 1.165) is 51.0 Å². The van der Waals surface area contributed by atoms with Crippen LogP contribution in [0, 0.1) is 13.8 Å². The summed E-state index contributed by atoms with van der Waals surface area (Å²) in [4.78, 5) is 15.0. The van der Waals surface area contributed by atoms with E-state index >= 15 is 0 Å². The topological polar surface area (TPSA) is 63.1 Å². The molecule has 2 aliphatic rings. The first-order valence-corrected chi connectivity index (χ1v) is 9.18. The zero-order valence-corrected chi connectivity index (χ0v) is 16.2. The summed E-state index contributed by atoms with van der Waals surface area (Å²) in [6, 6.07) is 4.66. The molecule has 2 aromatic rings. The van der Waals surface area contributed by atoms with Crippen molar-refractivity contribution in [3.63, 3.8) is 0 Å². The highest BCUT2D eigenvalue weighted by Gasteiger charge is 2.27. The Kier molecular flexibility index (Phi) is 5.63. The summed E-state index contributed by atoms with van der Waals surface area (Å²) >= 11 is 0. The van der Waals surface area contributed by atoms with E-state index in [9.17, 15) is 4.79 Å². The van der Waals surface area contributed by atoms with Crippen molar-refractivity contribution < 1.29 is 4.79 Å². The SMILES string of the molecule is Cc1cc(C)c2c(c1)N(C(=O)c1cn(C3CCNCC3)nn1)CCC2.Cl. The Balaban J connectivity index is 0.00000196. The molecule has 0 saturated carbocycles. The van der Waals surface area contributed by atoms with E-state index in [4.69, 9.17) is 0 Å². The van der Waals surface area contributed by atoms with Crippen molar-refractivity contribution in [2.45, 2.75) is 45.6 Å². The van der Waals surface area contributed by atoms with Crippen LogP contribution in [0.5, 0.6) is 0 Å². The molecule has 0 bridgehead atoms. The van der Waals surface area contributed by atoms with Gasteiger partial charge in [0, 0.05) is 12.2 Å². The summed E-state index contributed by atoms with van der Waals surface area (Å²) in [6.45, 7) is 6.94. The minimum Gasteiger partial charge on any atom is -0.317 e. The summed E-state index contributed by atoms with van der Waals surface area (Å²) in [7, 11) is 0. The number of fused-ring (bicyclic) bond motifs is 1. The molecule has 0 radical (unpaired) electrons. The Bertz CT molecular complexity index is 797. The fourth-order valence-corrected chi connectivity index (χ4v) is 4.05. The number of halogens is 1. The van der Waals surface area contributed by atoms with Gasteiger partial charge in [0.2, 0.25) is 0 Å². The molecule has 1 N–H and O–H groups in total. The molecular weight excluding hydrogens is 350 g/mol. The minimum absolute atomic E-state index is 0. The van der Waals surface area contributed by atoms with Crippen molar-refractivity contribution in [1.82, 2.24) is 20.3 Å². The van der Waals surface area contributed by atoms with Gasteiger partial charge in [0.15, 0.2) is 5.69 Å². The third kappa shape index (κ3) is 3.48. The van der Waals surface area contributed by atoms with Gasteiger partial charge in [0.25, 0.3) is 5.91 Å². The number of aryl methyl sites for hydroxylation is 2. The minimum atomic E-state index is -0.0360. The molecule has 1 amide bonds. The molecule has 7 heteroatoms. The van der Waals surface area contributed by atoms with Gasteiger partial charge in [0.05, 0.1) is 12.2 Å². The predicted molar refractivity (Wildman–Crippen MR) is 104 cm³/mol. The fourth-order valence-electron chi connectivity index (χ4n) is 4.05. The summed E-state index contributed by atoms with van der Waals surface area (Å²) in [5.41, 5.74) is 5.24. The third-order valence-corrected chi connectivity index (χ3v) is 5.35. The van der Waals surface area contributed by atoms with Gasteiger partial charge in [-0.05, 0) is 75.4 Å². The second-order valence-electron chi connectivity index (χ2n) is 7.20. The number of piperidine rings is 1. The van der Waals surface area contributed by atoms with E-state index in [2.05, 4.69) is 41.6 Å². The summed E-state index contributed by atoms with van der Waals surface area (Å²) < 4.78 is 1.88. The molecule has 3 heterocycles. The average Bonchev–Trinajstić information content (AvgIpc) is 3.11. The van der Waals surface area contributed by atoms with Crippen LogP contribution in [0.25, 0.3) is 0 Å². The largest absolute Gasteiger partial charge is 0.317 e. The number of rotatable bonds is 2. The maximum absolute atomic E-state index is 13.1. The molecule has 4 rings (SSSR count). The number of aromatic nitrogens is 3. The fraction of sp³-hybridized carbons (Fsp3) is 0.526. The van der Waals surface area contributed by atoms with E-state index in [0.29, 0.717) is 11.7 Å². The van der Waals surface area contributed by atoms with Gasteiger partial charge in [-0.2, -0.15) is 0 Å². The quantitative estimate of drug-likeness (QED) is 0.876. The molecule has 1 aromatic heterocycles. The standard InChI is InChI=1S/C19H25N5O.ClH/c1-13-10-14(2)16-4-3-9-23(18(16)11-13)19(25)17-12-24(22-21-17)15-5-7-20-8-6-15;/h10-12,15,20H,3-9H2,1-2H3;1H. The third-order valence-electron chi connectivity index (χ3n) is 5.35. The number of carbonyl (C=O) groups excluding carboxylic acids is 1. The van der Waals surface area contributed by atoms with Gasteiger partial charge in [-0.1, -0.05) is 11.3 Å². The molecule has 0 atom stereocenters. The smallest absolute Gasteiger partial charge is 0.280 e. The zero-order chi connectivity index (χ0) is 17.4. The highest BCUT2D eigenvalue weighted by atomic mass is 35.5. The molecule has 26 heavy (non-hydrogen) atoms. The second kappa shape index (κ2) is 7.76. The molecular formula is C19H26ClN5O. The lowest BCUT2D eigenvalue weighted by Gasteiger charge is -2.30. The predicted octanol–water partition coefficient (Wildman–Crippen LogP) is 2.83. The number of nitrogens with one attached hydrogen (secondary N) is 1. The van der Waals surface area contributed by atoms with Gasteiger partial charge >= 0.3 is 0 Å². The van der Waals surface area contributed by atoms with Crippen LogP contribution in [-0.2, 0) is 6.42 Å². The lowest BCUT2D eigenvalue weighted by molar-refractivity contribution is 0.0980. The Morgan fingerprint density at radius 2 is 2.00 bits per heavy atom. The first-order chi connectivity index (χ1) is 12.1. The maximum Gasteiger partial charge on any atom is 0.280 e. The van der Waals surface area contributed by atoms with Gasteiger partial charge in [0.1, 0.15) is 0 Å². The van der Waals surface area contributed by atoms with E-state index in [1.165, 1.54) is 16.7 Å². The highest BCUT2D eigenvalue weighted by Crippen LogP contribution is 2.32. The Labute approximate surface area is 160 Å². The number of carbonyl (C=O) groups is 1. The van der Waals surface area contributed by atoms with E-state index < -0.39 is 0 Å². The van der Waals surface area contributed by atoms with Gasteiger partial charge in [-0.15, -0.1) is 17.5 Å². The number of amides is 1. The molecule has 1 fully saturated rings. The van der Waals surface area contributed by atoms with Crippen molar-refractivity contribution in [3.8, 4) is 0 Å². The normalized spacial score (nSPS) is 17.5. The Hall–Kier alpha value is -1.92. The van der Waals surface area contributed by atoms with Crippen molar-refractivity contribution in [2.75, 3.05) is 24.5 Å². The van der Waals surface area contributed by atoms with E-state index in [-0.39, 0.29) is 18.3 Å². The van der Waals surface area contributed by atoms with Crippen LogP contribution in [0.4, 0.5) is 5.69 Å². The molecule has 140 valence electrons. The van der Waals surface area contributed by atoms with Crippen LogP contribution in [-0.4, -0.2) is 40.5 Å². The number of anilines is 1. The lowest BCUT2D eigenvalue weighted by atomic mass is 9.95. The molecule has 0 aliphatic carbocycles. The number of nitrogens with zero attached hydrogens (tertiary/aromatic N) is 4. The van der Waals surface area contributed by atoms with E-state index in [1.807, 2.05) is 15.8 Å². The van der Waals surface area contributed by atoms with Gasteiger partial charge in [-0.3, -0.25) is 4.79 Å². The molecule has 2 aliphatic heterocycles. The van der Waals surface area contributed by atoms with Gasteiger partial charge in [-0.25, -0.2) is 4.68 Å². The van der Waals surface area contributed by atoms with Crippen molar-refractivity contribution in [2.24, 2.45) is 0 Å². The van der Waals surface area contributed by atoms with Crippen molar-refractivity contribution >= 4 is 24.0 Å². The van der Waals surface area contributed by atoms with Crippen LogP contribution in [0.15, 0.2) is 18.3 Å². The van der Waals surface area contributed by atoms with Gasteiger partial charge < -0.3 is 10.2 Å². The zero-order valence-electron chi connectivity index (χ0n) is 15.4. The van der Waals surface area contributed by atoms with Crippen molar-refractivity contribution in [1.29, 1.82) is 0 Å². The lowest BCUT2D eigenvalue weighted by Crippen LogP contribution is -2.36. The average molecular weight is 376 g/mol. The van der Waals surface area contributed by atoms with Crippen LogP contribution in [0.2, 0.25) is 0 Å². The number of hydrogen-bond acceptors (Lipinski definition) is 4. The Morgan fingerprint density at radius 3 is 2.77 bits per heavy atom. The highest BCUT2D eigenvalue weighted by molar-refractivity contribution is 6.05. The van der Waals surface area contributed by atoms with Crippen LogP contribution < -0.4 is 10.2 Å². The Morgan fingerprint density at radius 1 is 1.23 bits per heavy atom. The molecule has 1 saturated heterocycles.